The molecule has 0 heterocycles. The number of halogens is 1. The van der Waals surface area contributed by atoms with Gasteiger partial charge in [0.1, 0.15) is 0 Å². The fraction of sp³-hybridized carbons (Fsp3) is 0.533. The summed E-state index contributed by atoms with van der Waals surface area (Å²) in [4.78, 5) is 11.8. The molecule has 1 rings (SSSR count). The van der Waals surface area contributed by atoms with Crippen molar-refractivity contribution in [2.75, 3.05) is 6.26 Å². The average molecular weight is 349 g/mol. The summed E-state index contributed by atoms with van der Waals surface area (Å²) in [7, 11) is -3.06. The van der Waals surface area contributed by atoms with Crippen molar-refractivity contribution in [3.8, 4) is 0 Å². The zero-order chi connectivity index (χ0) is 16.0. The van der Waals surface area contributed by atoms with Gasteiger partial charge in [0.15, 0.2) is 9.84 Å². The van der Waals surface area contributed by atoms with Crippen LogP contribution in [0.25, 0.3) is 0 Å². The maximum absolute atomic E-state index is 11.8. The first-order valence-corrected chi connectivity index (χ1v) is 9.02. The Morgan fingerprint density at radius 3 is 2.41 bits per heavy atom. The van der Waals surface area contributed by atoms with Gasteiger partial charge in [-0.05, 0) is 23.5 Å². The van der Waals surface area contributed by atoms with Crippen molar-refractivity contribution in [3.05, 3.63) is 35.4 Å². The Morgan fingerprint density at radius 1 is 1.27 bits per heavy atom. The molecule has 1 aromatic rings. The van der Waals surface area contributed by atoms with Crippen LogP contribution in [0.3, 0.4) is 0 Å². The van der Waals surface area contributed by atoms with Crippen LogP contribution in [0.2, 0.25) is 0 Å². The van der Waals surface area contributed by atoms with E-state index in [4.69, 9.17) is 5.73 Å². The molecule has 0 aliphatic heterocycles. The Hall–Kier alpha value is -1.11. The standard InChI is InChI=1S/C15H24N2O3S.ClH/c1-11(2)7-14(16)15(18)17-9-12-5-4-6-13(8-12)10-21(3,19)20;/h4-6,8,11,14H,7,9-10,16H2,1-3H3,(H,17,18);1H/t14-;/m0./s1. The molecule has 0 aliphatic rings. The third-order valence-electron chi connectivity index (χ3n) is 2.95. The smallest absolute Gasteiger partial charge is 0.237 e. The Morgan fingerprint density at radius 2 is 1.86 bits per heavy atom. The topological polar surface area (TPSA) is 89.3 Å². The Labute approximate surface area is 139 Å². The van der Waals surface area contributed by atoms with Crippen LogP contribution in [0.15, 0.2) is 24.3 Å². The molecule has 126 valence electrons. The molecule has 0 fully saturated rings. The number of nitrogens with two attached hydrogens (primary N) is 1. The molecule has 22 heavy (non-hydrogen) atoms. The monoisotopic (exact) mass is 348 g/mol. The summed E-state index contributed by atoms with van der Waals surface area (Å²) in [5, 5.41) is 2.78. The van der Waals surface area contributed by atoms with E-state index in [1.54, 1.807) is 18.2 Å². The third-order valence-corrected chi connectivity index (χ3v) is 3.81. The first-order chi connectivity index (χ1) is 9.67. The van der Waals surface area contributed by atoms with Crippen molar-refractivity contribution < 1.29 is 13.2 Å². The van der Waals surface area contributed by atoms with Crippen molar-refractivity contribution in [3.63, 3.8) is 0 Å². The SMILES string of the molecule is CC(C)C[C@H](N)C(=O)NCc1cccc(CS(C)(=O)=O)c1.Cl. The number of sulfone groups is 1. The fourth-order valence-corrected chi connectivity index (χ4v) is 2.85. The number of hydrogen-bond donors (Lipinski definition) is 2. The largest absolute Gasteiger partial charge is 0.351 e. The zero-order valence-corrected chi connectivity index (χ0v) is 14.8. The fourth-order valence-electron chi connectivity index (χ4n) is 2.07. The van der Waals surface area contributed by atoms with Crippen molar-refractivity contribution in [2.24, 2.45) is 11.7 Å². The predicted molar refractivity (Wildman–Crippen MR) is 91.5 cm³/mol. The molecule has 0 spiro atoms. The summed E-state index contributed by atoms with van der Waals surface area (Å²) < 4.78 is 22.6. The highest BCUT2D eigenvalue weighted by Gasteiger charge is 2.14. The average Bonchev–Trinajstić information content (AvgIpc) is 2.33. The van der Waals surface area contributed by atoms with Crippen LogP contribution >= 0.6 is 12.4 Å². The van der Waals surface area contributed by atoms with Gasteiger partial charge in [0.25, 0.3) is 0 Å². The highest BCUT2D eigenvalue weighted by molar-refractivity contribution is 7.89. The van der Waals surface area contributed by atoms with Gasteiger partial charge in [-0.2, -0.15) is 0 Å². The lowest BCUT2D eigenvalue weighted by Crippen LogP contribution is -2.41. The van der Waals surface area contributed by atoms with Gasteiger partial charge in [-0.25, -0.2) is 8.42 Å². The van der Waals surface area contributed by atoms with Crippen molar-refractivity contribution in [2.45, 2.75) is 38.6 Å². The molecule has 0 bridgehead atoms. The van der Waals surface area contributed by atoms with Gasteiger partial charge in [-0.1, -0.05) is 38.1 Å². The first kappa shape index (κ1) is 20.9. The van der Waals surface area contributed by atoms with Gasteiger partial charge in [0.05, 0.1) is 11.8 Å². The van der Waals surface area contributed by atoms with E-state index in [9.17, 15) is 13.2 Å². The summed E-state index contributed by atoms with van der Waals surface area (Å²) in [6, 6.07) is 6.67. The van der Waals surface area contributed by atoms with Crippen molar-refractivity contribution in [1.29, 1.82) is 0 Å². The molecular weight excluding hydrogens is 324 g/mol. The minimum atomic E-state index is -3.06. The van der Waals surface area contributed by atoms with Crippen LogP contribution in [0.1, 0.15) is 31.4 Å². The van der Waals surface area contributed by atoms with Crippen LogP contribution in [0.5, 0.6) is 0 Å². The number of rotatable bonds is 7. The minimum Gasteiger partial charge on any atom is -0.351 e. The molecule has 0 unspecified atom stereocenters. The van der Waals surface area contributed by atoms with Crippen LogP contribution in [0, 0.1) is 5.92 Å². The van der Waals surface area contributed by atoms with Gasteiger partial charge < -0.3 is 11.1 Å². The van der Waals surface area contributed by atoms with E-state index in [0.29, 0.717) is 18.9 Å². The van der Waals surface area contributed by atoms with Crippen molar-refractivity contribution >= 4 is 28.2 Å². The Bertz CT molecular complexity index is 588. The number of carbonyl (C=O) groups is 1. The van der Waals surface area contributed by atoms with Gasteiger partial charge in [0.2, 0.25) is 5.91 Å². The number of hydrogen-bond acceptors (Lipinski definition) is 4. The first-order valence-electron chi connectivity index (χ1n) is 6.96. The number of carbonyl (C=O) groups excluding carboxylic acids is 1. The predicted octanol–water partition coefficient (Wildman–Crippen LogP) is 1.64. The van der Waals surface area contributed by atoms with E-state index < -0.39 is 15.9 Å². The lowest BCUT2D eigenvalue weighted by atomic mass is 10.0. The third kappa shape index (κ3) is 8.36. The van der Waals surface area contributed by atoms with Crippen molar-refractivity contribution in [1.82, 2.24) is 5.32 Å². The molecule has 1 amide bonds. The summed E-state index contributed by atoms with van der Waals surface area (Å²) in [5.74, 6) is 0.183. The molecule has 3 N–H and O–H groups in total. The van der Waals surface area contributed by atoms with E-state index in [1.165, 1.54) is 6.26 Å². The highest BCUT2D eigenvalue weighted by atomic mass is 35.5. The van der Waals surface area contributed by atoms with E-state index >= 15 is 0 Å². The number of benzene rings is 1. The van der Waals surface area contributed by atoms with Crippen LogP contribution in [-0.2, 0) is 26.9 Å². The zero-order valence-electron chi connectivity index (χ0n) is 13.2. The van der Waals surface area contributed by atoms with Gasteiger partial charge in [0, 0.05) is 12.8 Å². The molecule has 1 atom stereocenters. The minimum absolute atomic E-state index is 0. The maximum atomic E-state index is 11.8. The molecule has 0 saturated heterocycles. The molecule has 1 aromatic carbocycles. The van der Waals surface area contributed by atoms with E-state index in [0.717, 1.165) is 11.1 Å². The van der Waals surface area contributed by atoms with E-state index in [-0.39, 0.29) is 24.1 Å². The highest BCUT2D eigenvalue weighted by Crippen LogP contribution is 2.09. The Kier molecular flexibility index (Phi) is 8.66. The van der Waals surface area contributed by atoms with Gasteiger partial charge in [-0.15, -0.1) is 12.4 Å². The van der Waals surface area contributed by atoms with Gasteiger partial charge >= 0.3 is 0 Å². The summed E-state index contributed by atoms with van der Waals surface area (Å²) >= 11 is 0. The molecule has 7 heteroatoms. The summed E-state index contributed by atoms with van der Waals surface area (Å²) in [6.45, 7) is 4.38. The van der Waals surface area contributed by atoms with Crippen LogP contribution in [0.4, 0.5) is 0 Å². The molecule has 0 aliphatic carbocycles. The second-order valence-electron chi connectivity index (χ2n) is 5.84. The Balaban J connectivity index is 0.00000441. The maximum Gasteiger partial charge on any atom is 0.237 e. The second kappa shape index (κ2) is 9.12. The second-order valence-corrected chi connectivity index (χ2v) is 7.98. The lowest BCUT2D eigenvalue weighted by molar-refractivity contribution is -0.122. The number of amides is 1. The van der Waals surface area contributed by atoms with Gasteiger partial charge in [-0.3, -0.25) is 4.79 Å². The molecule has 5 nitrogen and oxygen atoms in total. The normalized spacial score (nSPS) is 12.6. The molecule has 0 saturated carbocycles. The number of nitrogens with one attached hydrogen (secondary N) is 1. The lowest BCUT2D eigenvalue weighted by Gasteiger charge is -2.14. The summed E-state index contributed by atoms with van der Waals surface area (Å²) in [5.41, 5.74) is 7.38. The molecule has 0 radical (unpaired) electrons. The van der Waals surface area contributed by atoms with Crippen LogP contribution in [-0.4, -0.2) is 26.6 Å². The van der Waals surface area contributed by atoms with Crippen LogP contribution < -0.4 is 11.1 Å². The van der Waals surface area contributed by atoms with E-state index in [1.807, 2.05) is 19.9 Å². The summed E-state index contributed by atoms with van der Waals surface area (Å²) in [6.07, 6.45) is 1.84. The quantitative estimate of drug-likeness (QED) is 0.784. The molecular formula is C15H25ClN2O3S. The van der Waals surface area contributed by atoms with E-state index in [2.05, 4.69) is 5.32 Å². The molecule has 0 aromatic heterocycles.